The van der Waals surface area contributed by atoms with E-state index in [1.807, 2.05) is 30.3 Å². The van der Waals surface area contributed by atoms with Crippen molar-refractivity contribution in [1.82, 2.24) is 4.98 Å². The molecule has 0 spiro atoms. The molecule has 0 saturated heterocycles. The number of amides is 1. The fraction of sp³-hybridized carbons (Fsp3) is 0.0714. The van der Waals surface area contributed by atoms with Gasteiger partial charge in [0.1, 0.15) is 12.3 Å². The molecule has 0 aliphatic heterocycles. The molecule has 2 N–H and O–H groups in total. The third-order valence-electron chi connectivity index (χ3n) is 2.44. The van der Waals surface area contributed by atoms with Crippen LogP contribution >= 0.6 is 0 Å². The van der Waals surface area contributed by atoms with Crippen LogP contribution in [0.5, 0.6) is 0 Å². The maximum Gasteiger partial charge on any atom is 0.412 e. The Kier molecular flexibility index (Phi) is 4.28. The number of nitrogens with one attached hydrogen (secondary N) is 1. The van der Waals surface area contributed by atoms with E-state index in [2.05, 4.69) is 10.3 Å². The van der Waals surface area contributed by atoms with Crippen molar-refractivity contribution in [3.05, 3.63) is 59.9 Å². The highest BCUT2D eigenvalue weighted by molar-refractivity contribution is 5.87. The highest BCUT2D eigenvalue weighted by Gasteiger charge is 2.06. The number of benzene rings is 1. The molecule has 2 rings (SSSR count). The zero-order valence-corrected chi connectivity index (χ0v) is 10.4. The average molecular weight is 272 g/mol. The molecule has 20 heavy (non-hydrogen) atoms. The zero-order valence-electron chi connectivity index (χ0n) is 10.4. The molecule has 1 heterocycles. The molecule has 0 bridgehead atoms. The number of rotatable bonds is 4. The number of carboxylic acids is 1. The molecule has 0 unspecified atom stereocenters. The fourth-order valence-electron chi connectivity index (χ4n) is 1.47. The van der Waals surface area contributed by atoms with Crippen LogP contribution in [0.25, 0.3) is 0 Å². The molecule has 2 aromatic rings. The number of hydrogen-bond donors (Lipinski definition) is 2. The van der Waals surface area contributed by atoms with Gasteiger partial charge in [0.25, 0.3) is 0 Å². The number of anilines is 1. The molecule has 1 aromatic heterocycles. The van der Waals surface area contributed by atoms with Crippen LogP contribution in [0.2, 0.25) is 0 Å². The number of nitrogens with zero attached hydrogens (tertiary/aromatic N) is 1. The molecule has 102 valence electrons. The first-order chi connectivity index (χ1) is 9.65. The number of pyridine rings is 1. The van der Waals surface area contributed by atoms with Crippen molar-refractivity contribution in [2.24, 2.45) is 0 Å². The smallest absolute Gasteiger partial charge is 0.412 e. The van der Waals surface area contributed by atoms with Crippen LogP contribution in [0.4, 0.5) is 10.5 Å². The number of hydrogen-bond acceptors (Lipinski definition) is 4. The van der Waals surface area contributed by atoms with Gasteiger partial charge in [0.05, 0.1) is 11.9 Å². The predicted octanol–water partition coefficient (Wildman–Crippen LogP) is 2.53. The Morgan fingerprint density at radius 1 is 1.15 bits per heavy atom. The molecular formula is C14H12N2O4. The fourth-order valence-corrected chi connectivity index (χ4v) is 1.47. The summed E-state index contributed by atoms with van der Waals surface area (Å²) in [5.74, 6) is -1.12. The van der Waals surface area contributed by atoms with Crippen LogP contribution in [-0.2, 0) is 11.3 Å². The number of aromatic nitrogens is 1. The molecule has 6 heteroatoms. The van der Waals surface area contributed by atoms with Gasteiger partial charge in [-0.05, 0) is 17.7 Å². The van der Waals surface area contributed by atoms with Crippen LogP contribution in [0.1, 0.15) is 16.1 Å². The van der Waals surface area contributed by atoms with Gasteiger partial charge in [0, 0.05) is 0 Å². The van der Waals surface area contributed by atoms with Crippen molar-refractivity contribution in [3.8, 4) is 0 Å². The maximum absolute atomic E-state index is 11.5. The van der Waals surface area contributed by atoms with Crippen LogP contribution in [0, 0.1) is 0 Å². The summed E-state index contributed by atoms with van der Waals surface area (Å²) in [4.78, 5) is 25.8. The molecule has 1 aromatic carbocycles. The molecule has 0 saturated carbocycles. The lowest BCUT2D eigenvalue weighted by Crippen LogP contribution is -2.14. The normalized spacial score (nSPS) is 9.80. The number of ether oxygens (including phenoxy) is 1. The van der Waals surface area contributed by atoms with Gasteiger partial charge in [-0.25, -0.2) is 14.6 Å². The molecule has 0 radical (unpaired) electrons. The number of aromatic carboxylic acids is 1. The lowest BCUT2D eigenvalue weighted by Gasteiger charge is -2.06. The molecule has 0 aliphatic carbocycles. The first-order valence-corrected chi connectivity index (χ1v) is 5.82. The van der Waals surface area contributed by atoms with E-state index < -0.39 is 12.1 Å². The summed E-state index contributed by atoms with van der Waals surface area (Å²) in [5, 5.41) is 11.2. The van der Waals surface area contributed by atoms with E-state index in [-0.39, 0.29) is 12.3 Å². The predicted molar refractivity (Wildman–Crippen MR) is 71.4 cm³/mol. The molecule has 6 nitrogen and oxygen atoms in total. The maximum atomic E-state index is 11.5. The summed E-state index contributed by atoms with van der Waals surface area (Å²) >= 11 is 0. The Bertz CT molecular complexity index is 596. The summed E-state index contributed by atoms with van der Waals surface area (Å²) in [6.45, 7) is 0.160. The Balaban J connectivity index is 1.86. The number of carbonyl (C=O) groups is 2. The van der Waals surface area contributed by atoms with Gasteiger partial charge in [-0.1, -0.05) is 30.3 Å². The second kappa shape index (κ2) is 6.33. The Morgan fingerprint density at radius 2 is 1.90 bits per heavy atom. The first-order valence-electron chi connectivity index (χ1n) is 5.82. The molecular weight excluding hydrogens is 260 g/mol. The van der Waals surface area contributed by atoms with Crippen LogP contribution in [0.15, 0.2) is 48.7 Å². The second-order valence-corrected chi connectivity index (χ2v) is 3.92. The van der Waals surface area contributed by atoms with Crippen molar-refractivity contribution < 1.29 is 19.4 Å². The Labute approximate surface area is 115 Å². The quantitative estimate of drug-likeness (QED) is 0.892. The third kappa shape index (κ3) is 3.81. The van der Waals surface area contributed by atoms with Crippen LogP contribution < -0.4 is 5.32 Å². The van der Waals surface area contributed by atoms with Crippen LogP contribution in [-0.4, -0.2) is 22.2 Å². The van der Waals surface area contributed by atoms with E-state index in [9.17, 15) is 9.59 Å². The van der Waals surface area contributed by atoms with Gasteiger partial charge in [-0.15, -0.1) is 0 Å². The monoisotopic (exact) mass is 272 g/mol. The Morgan fingerprint density at radius 3 is 2.50 bits per heavy atom. The van der Waals surface area contributed by atoms with E-state index in [1.165, 1.54) is 18.3 Å². The standard InChI is InChI=1S/C14H12N2O4/c17-13(18)12-7-6-11(8-15-12)16-14(19)20-9-10-4-2-1-3-5-10/h1-8H,9H2,(H,16,19)(H,17,18). The molecule has 1 amide bonds. The number of carboxylic acid groups (broad SMARTS) is 1. The molecule has 0 aliphatic rings. The van der Waals surface area contributed by atoms with E-state index in [0.29, 0.717) is 5.69 Å². The lowest BCUT2D eigenvalue weighted by atomic mass is 10.2. The number of carbonyl (C=O) groups excluding carboxylic acids is 1. The van der Waals surface area contributed by atoms with Crippen molar-refractivity contribution in [1.29, 1.82) is 0 Å². The largest absolute Gasteiger partial charge is 0.477 e. The molecule has 0 atom stereocenters. The summed E-state index contributed by atoms with van der Waals surface area (Å²) in [5.41, 5.74) is 1.16. The SMILES string of the molecule is O=C(Nc1ccc(C(=O)O)nc1)OCc1ccccc1. The zero-order chi connectivity index (χ0) is 14.4. The minimum atomic E-state index is -1.12. The highest BCUT2D eigenvalue weighted by Crippen LogP contribution is 2.08. The van der Waals surface area contributed by atoms with Crippen molar-refractivity contribution in [2.75, 3.05) is 5.32 Å². The van der Waals surface area contributed by atoms with E-state index in [1.54, 1.807) is 0 Å². The topological polar surface area (TPSA) is 88.5 Å². The van der Waals surface area contributed by atoms with Gasteiger partial charge in [-0.3, -0.25) is 5.32 Å². The van der Waals surface area contributed by atoms with Crippen LogP contribution in [0.3, 0.4) is 0 Å². The summed E-state index contributed by atoms with van der Waals surface area (Å²) in [7, 11) is 0. The first kappa shape index (κ1) is 13.5. The van der Waals surface area contributed by atoms with Gasteiger partial charge in [-0.2, -0.15) is 0 Å². The van der Waals surface area contributed by atoms with E-state index in [0.717, 1.165) is 5.56 Å². The van der Waals surface area contributed by atoms with Crippen molar-refractivity contribution >= 4 is 17.7 Å². The summed E-state index contributed by atoms with van der Waals surface area (Å²) in [6, 6.07) is 12.0. The minimum Gasteiger partial charge on any atom is -0.477 e. The van der Waals surface area contributed by atoms with Gasteiger partial charge in [0.2, 0.25) is 0 Å². The minimum absolute atomic E-state index is 0.0896. The van der Waals surface area contributed by atoms with Crippen molar-refractivity contribution in [3.63, 3.8) is 0 Å². The van der Waals surface area contributed by atoms with Gasteiger partial charge >= 0.3 is 12.1 Å². The average Bonchev–Trinajstić information content (AvgIpc) is 2.47. The second-order valence-electron chi connectivity index (χ2n) is 3.92. The van der Waals surface area contributed by atoms with E-state index >= 15 is 0 Å². The lowest BCUT2D eigenvalue weighted by molar-refractivity contribution is 0.0690. The Hall–Kier alpha value is -2.89. The van der Waals surface area contributed by atoms with Gasteiger partial charge in [0.15, 0.2) is 0 Å². The molecule has 0 fully saturated rings. The summed E-state index contributed by atoms with van der Waals surface area (Å²) < 4.78 is 5.02. The van der Waals surface area contributed by atoms with E-state index in [4.69, 9.17) is 9.84 Å². The van der Waals surface area contributed by atoms with Crippen molar-refractivity contribution in [2.45, 2.75) is 6.61 Å². The highest BCUT2D eigenvalue weighted by atomic mass is 16.5. The third-order valence-corrected chi connectivity index (χ3v) is 2.44. The summed E-state index contributed by atoms with van der Waals surface area (Å²) in [6.07, 6.45) is 0.631. The van der Waals surface area contributed by atoms with Gasteiger partial charge < -0.3 is 9.84 Å².